The fourth-order valence-corrected chi connectivity index (χ4v) is 2.57. The number of hydrogen-bond acceptors (Lipinski definition) is 4. The van der Waals surface area contributed by atoms with Crippen molar-refractivity contribution in [2.24, 2.45) is 11.7 Å². The highest BCUT2D eigenvalue weighted by molar-refractivity contribution is 5.76. The van der Waals surface area contributed by atoms with Crippen LogP contribution in [-0.2, 0) is 4.79 Å². The lowest BCUT2D eigenvalue weighted by atomic mass is 9.97. The number of carbonyl (C=O) groups excluding carboxylic acids is 1. The topological polar surface area (TPSA) is 81.6 Å². The Hall–Kier alpha value is -1.75. The van der Waals surface area contributed by atoms with Gasteiger partial charge in [0.05, 0.1) is 12.5 Å². The Balaban J connectivity index is 1.67. The molecule has 1 unspecified atom stereocenters. The minimum atomic E-state index is -0.175. The Morgan fingerprint density at radius 3 is 3.05 bits per heavy atom. The van der Waals surface area contributed by atoms with Crippen LogP contribution in [0.25, 0.3) is 0 Å². The Labute approximate surface area is 119 Å². The van der Waals surface area contributed by atoms with Gasteiger partial charge in [0, 0.05) is 24.8 Å². The number of ether oxygens (including phenoxy) is 1. The highest BCUT2D eigenvalue weighted by Gasteiger charge is 2.23. The maximum absolute atomic E-state index is 11.2. The average molecular weight is 277 g/mol. The Kier molecular flexibility index (Phi) is 5.24. The summed E-state index contributed by atoms with van der Waals surface area (Å²) in [6, 6.07) is 7.45. The predicted octanol–water partition coefficient (Wildman–Crippen LogP) is 1.23. The molecule has 1 aliphatic rings. The Morgan fingerprint density at radius 1 is 1.45 bits per heavy atom. The molecule has 0 spiro atoms. The van der Waals surface area contributed by atoms with Crippen molar-refractivity contribution in [3.63, 3.8) is 0 Å². The lowest BCUT2D eigenvalue weighted by Gasteiger charge is -2.30. The lowest BCUT2D eigenvalue weighted by Crippen LogP contribution is -2.41. The summed E-state index contributed by atoms with van der Waals surface area (Å²) in [6.07, 6.45) is 2.90. The van der Waals surface area contributed by atoms with Crippen molar-refractivity contribution in [3.05, 3.63) is 24.3 Å². The minimum absolute atomic E-state index is 0.0126. The van der Waals surface area contributed by atoms with Crippen molar-refractivity contribution >= 4 is 11.6 Å². The zero-order chi connectivity index (χ0) is 14.4. The van der Waals surface area contributed by atoms with Crippen LogP contribution in [0.2, 0.25) is 0 Å². The van der Waals surface area contributed by atoms with Gasteiger partial charge in [0.15, 0.2) is 0 Å². The van der Waals surface area contributed by atoms with Crippen LogP contribution in [0.3, 0.4) is 0 Å². The monoisotopic (exact) mass is 277 g/mol. The number of benzene rings is 1. The van der Waals surface area contributed by atoms with Crippen LogP contribution in [0.4, 0.5) is 5.69 Å². The van der Waals surface area contributed by atoms with E-state index in [-0.39, 0.29) is 11.8 Å². The lowest BCUT2D eigenvalue weighted by molar-refractivity contribution is -0.123. The van der Waals surface area contributed by atoms with Crippen LogP contribution in [-0.4, -0.2) is 37.0 Å². The summed E-state index contributed by atoms with van der Waals surface area (Å²) in [5, 5.41) is 0. The number of rotatable bonds is 6. The third-order valence-electron chi connectivity index (χ3n) is 3.65. The van der Waals surface area contributed by atoms with Gasteiger partial charge in [-0.05, 0) is 37.9 Å². The second-order valence-electron chi connectivity index (χ2n) is 5.32. The number of hydrogen-bond donors (Lipinski definition) is 2. The summed E-state index contributed by atoms with van der Waals surface area (Å²) in [6.45, 7) is 3.42. The summed E-state index contributed by atoms with van der Waals surface area (Å²) >= 11 is 0. The number of nitrogen functional groups attached to an aromatic ring is 1. The van der Waals surface area contributed by atoms with E-state index in [1.54, 1.807) is 0 Å². The first kappa shape index (κ1) is 14.7. The maximum atomic E-state index is 11.2. The van der Waals surface area contributed by atoms with Crippen LogP contribution in [0, 0.1) is 5.92 Å². The van der Waals surface area contributed by atoms with E-state index in [0.29, 0.717) is 12.3 Å². The quantitative estimate of drug-likeness (QED) is 0.605. The number of carbonyl (C=O) groups is 1. The van der Waals surface area contributed by atoms with Crippen molar-refractivity contribution in [1.82, 2.24) is 4.90 Å². The normalized spacial score (nSPS) is 19.7. The average Bonchev–Trinajstić information content (AvgIpc) is 2.44. The third-order valence-corrected chi connectivity index (χ3v) is 3.65. The highest BCUT2D eigenvalue weighted by Crippen LogP contribution is 2.17. The van der Waals surface area contributed by atoms with E-state index < -0.39 is 0 Å². The molecule has 1 atom stereocenters. The SMILES string of the molecule is NC(=O)C1CCCN(CCCOc2cccc(N)c2)C1. The first-order chi connectivity index (χ1) is 9.65. The van der Waals surface area contributed by atoms with Gasteiger partial charge in [0.25, 0.3) is 0 Å². The Bertz CT molecular complexity index is 450. The molecule has 5 heteroatoms. The molecule has 2 rings (SSSR count). The van der Waals surface area contributed by atoms with E-state index in [1.165, 1.54) is 0 Å². The van der Waals surface area contributed by atoms with Gasteiger partial charge in [-0.3, -0.25) is 4.79 Å². The largest absolute Gasteiger partial charge is 0.493 e. The van der Waals surface area contributed by atoms with Gasteiger partial charge in [0.1, 0.15) is 5.75 Å². The zero-order valence-corrected chi connectivity index (χ0v) is 11.8. The number of amides is 1. The molecule has 4 N–H and O–H groups in total. The number of nitrogens with zero attached hydrogens (tertiary/aromatic N) is 1. The van der Waals surface area contributed by atoms with Crippen LogP contribution in [0.5, 0.6) is 5.75 Å². The van der Waals surface area contributed by atoms with Crippen molar-refractivity contribution in [1.29, 1.82) is 0 Å². The van der Waals surface area contributed by atoms with Gasteiger partial charge in [-0.1, -0.05) is 6.07 Å². The molecule has 0 bridgehead atoms. The summed E-state index contributed by atoms with van der Waals surface area (Å²) in [5.41, 5.74) is 11.8. The van der Waals surface area contributed by atoms with E-state index in [1.807, 2.05) is 24.3 Å². The zero-order valence-electron chi connectivity index (χ0n) is 11.8. The van der Waals surface area contributed by atoms with E-state index in [0.717, 1.165) is 44.6 Å². The van der Waals surface area contributed by atoms with Crippen LogP contribution < -0.4 is 16.2 Å². The summed E-state index contributed by atoms with van der Waals surface area (Å²) < 4.78 is 5.65. The fraction of sp³-hybridized carbons (Fsp3) is 0.533. The Morgan fingerprint density at radius 2 is 2.30 bits per heavy atom. The van der Waals surface area contributed by atoms with Crippen molar-refractivity contribution in [3.8, 4) is 5.75 Å². The van der Waals surface area contributed by atoms with E-state index >= 15 is 0 Å². The molecule has 110 valence electrons. The summed E-state index contributed by atoms with van der Waals surface area (Å²) in [5.74, 6) is 0.642. The number of piperidine rings is 1. The van der Waals surface area contributed by atoms with Gasteiger partial charge in [-0.2, -0.15) is 0 Å². The molecule has 0 aliphatic carbocycles. The fourth-order valence-electron chi connectivity index (χ4n) is 2.57. The number of nitrogens with two attached hydrogens (primary N) is 2. The van der Waals surface area contributed by atoms with Gasteiger partial charge >= 0.3 is 0 Å². The second-order valence-corrected chi connectivity index (χ2v) is 5.32. The minimum Gasteiger partial charge on any atom is -0.493 e. The first-order valence-corrected chi connectivity index (χ1v) is 7.15. The molecule has 1 aromatic carbocycles. The number of primary amides is 1. The molecule has 1 aromatic rings. The molecular formula is C15H23N3O2. The molecule has 0 aromatic heterocycles. The van der Waals surface area contributed by atoms with E-state index in [2.05, 4.69) is 4.90 Å². The smallest absolute Gasteiger partial charge is 0.221 e. The van der Waals surface area contributed by atoms with Gasteiger partial charge in [-0.15, -0.1) is 0 Å². The molecule has 1 saturated heterocycles. The summed E-state index contributed by atoms with van der Waals surface area (Å²) in [4.78, 5) is 13.5. The van der Waals surface area contributed by atoms with Crippen LogP contribution >= 0.6 is 0 Å². The number of likely N-dealkylation sites (tertiary alicyclic amines) is 1. The molecule has 0 saturated carbocycles. The molecule has 1 heterocycles. The second kappa shape index (κ2) is 7.14. The molecular weight excluding hydrogens is 254 g/mol. The molecule has 1 aliphatic heterocycles. The number of anilines is 1. The summed E-state index contributed by atoms with van der Waals surface area (Å²) in [7, 11) is 0. The predicted molar refractivity (Wildman–Crippen MR) is 79.3 cm³/mol. The van der Waals surface area contributed by atoms with Crippen LogP contribution in [0.15, 0.2) is 24.3 Å². The molecule has 1 amide bonds. The van der Waals surface area contributed by atoms with Gasteiger partial charge in [-0.25, -0.2) is 0 Å². The standard InChI is InChI=1S/C15H23N3O2/c16-13-5-1-6-14(10-13)20-9-3-8-18-7-2-4-12(11-18)15(17)19/h1,5-6,10,12H,2-4,7-9,11,16H2,(H2,17,19). The van der Waals surface area contributed by atoms with Gasteiger partial charge in [0.2, 0.25) is 5.91 Å². The van der Waals surface area contributed by atoms with Gasteiger partial charge < -0.3 is 21.1 Å². The van der Waals surface area contributed by atoms with Crippen molar-refractivity contribution in [2.75, 3.05) is 32.0 Å². The highest BCUT2D eigenvalue weighted by atomic mass is 16.5. The van der Waals surface area contributed by atoms with Crippen LogP contribution in [0.1, 0.15) is 19.3 Å². The maximum Gasteiger partial charge on any atom is 0.221 e. The van der Waals surface area contributed by atoms with E-state index in [9.17, 15) is 4.79 Å². The molecule has 1 fully saturated rings. The van der Waals surface area contributed by atoms with Crippen molar-refractivity contribution in [2.45, 2.75) is 19.3 Å². The van der Waals surface area contributed by atoms with E-state index in [4.69, 9.17) is 16.2 Å². The third kappa shape index (κ3) is 4.42. The first-order valence-electron chi connectivity index (χ1n) is 7.15. The van der Waals surface area contributed by atoms with Crippen molar-refractivity contribution < 1.29 is 9.53 Å². The molecule has 0 radical (unpaired) electrons. The molecule has 20 heavy (non-hydrogen) atoms. The molecule has 5 nitrogen and oxygen atoms in total.